The third-order valence-electron chi connectivity index (χ3n) is 0.870. The molecule has 0 aliphatic heterocycles. The van der Waals surface area contributed by atoms with Crippen LogP contribution in [-0.2, 0) is 0 Å². The zero-order chi connectivity index (χ0) is 8.69. The van der Waals surface area contributed by atoms with E-state index in [0.29, 0.717) is 0 Å². The molecule has 0 spiro atoms. The number of hydrogen-bond donors (Lipinski definition) is 1. The molecule has 60 valence electrons. The van der Waals surface area contributed by atoms with E-state index in [1.807, 2.05) is 6.92 Å². The van der Waals surface area contributed by atoms with Gasteiger partial charge in [0.2, 0.25) is 0 Å². The first kappa shape index (κ1) is 10.0. The Hall–Kier alpha value is -0.950. The predicted molar refractivity (Wildman–Crippen MR) is 51.7 cm³/mol. The van der Waals surface area contributed by atoms with Gasteiger partial charge in [0, 0.05) is 10.7 Å². The van der Waals surface area contributed by atoms with Crippen LogP contribution in [0.2, 0.25) is 5.02 Å². The highest BCUT2D eigenvalue weighted by molar-refractivity contribution is 6.30. The van der Waals surface area contributed by atoms with Gasteiger partial charge in [-0.2, -0.15) is 0 Å². The van der Waals surface area contributed by atoms with Gasteiger partial charge in [-0.3, -0.25) is 0 Å². The van der Waals surface area contributed by atoms with Crippen LogP contribution in [0.25, 0.3) is 0 Å². The lowest BCUT2D eigenvalue weighted by Crippen LogP contribution is -1.80. The van der Waals surface area contributed by atoms with Crippen LogP contribution in [0.3, 0.4) is 0 Å². The summed E-state index contributed by atoms with van der Waals surface area (Å²) in [5.74, 6) is 0. The summed E-state index contributed by atoms with van der Waals surface area (Å²) in [6.07, 6.45) is 1.75. The molecular formula is C9H12ClN. The van der Waals surface area contributed by atoms with Crippen LogP contribution in [0, 0.1) is 0 Å². The summed E-state index contributed by atoms with van der Waals surface area (Å²) < 4.78 is 0. The molecule has 0 bridgehead atoms. The van der Waals surface area contributed by atoms with Crippen molar-refractivity contribution in [3.8, 4) is 0 Å². The maximum Gasteiger partial charge on any atom is 0.0407 e. The number of anilines is 1. The zero-order valence-electron chi connectivity index (χ0n) is 6.55. The van der Waals surface area contributed by atoms with Crippen molar-refractivity contribution in [1.82, 2.24) is 0 Å². The van der Waals surface area contributed by atoms with E-state index < -0.39 is 0 Å². The van der Waals surface area contributed by atoms with Crippen molar-refractivity contribution < 1.29 is 0 Å². The van der Waals surface area contributed by atoms with Crippen LogP contribution >= 0.6 is 11.6 Å². The minimum atomic E-state index is 0.721. The zero-order valence-corrected chi connectivity index (χ0v) is 7.31. The fourth-order valence-electron chi connectivity index (χ4n) is 0.463. The van der Waals surface area contributed by atoms with Crippen LogP contribution in [0.5, 0.6) is 0 Å². The second kappa shape index (κ2) is 5.81. The number of nitrogen functional groups attached to an aromatic ring is 1. The minimum absolute atomic E-state index is 0.721. The summed E-state index contributed by atoms with van der Waals surface area (Å²) in [6.45, 7) is 5.25. The van der Waals surface area contributed by atoms with E-state index in [2.05, 4.69) is 6.58 Å². The molecule has 0 aliphatic rings. The Morgan fingerprint density at radius 1 is 1.36 bits per heavy atom. The van der Waals surface area contributed by atoms with Crippen molar-refractivity contribution in [2.45, 2.75) is 6.92 Å². The molecule has 11 heavy (non-hydrogen) atoms. The quantitative estimate of drug-likeness (QED) is 0.469. The molecule has 2 N–H and O–H groups in total. The standard InChI is InChI=1S/C6H6ClN.C3H6/c7-5-1-3-6(8)4-2-5;1-3-2/h1-4H,8H2;3H,1H2,2H3. The lowest BCUT2D eigenvalue weighted by atomic mass is 10.3. The molecule has 1 aromatic carbocycles. The van der Waals surface area contributed by atoms with E-state index in [9.17, 15) is 0 Å². The minimum Gasteiger partial charge on any atom is -0.399 e. The Morgan fingerprint density at radius 3 is 2.00 bits per heavy atom. The van der Waals surface area contributed by atoms with E-state index in [4.69, 9.17) is 17.3 Å². The SMILES string of the molecule is C=CC.Nc1ccc(Cl)cc1. The van der Waals surface area contributed by atoms with Crippen LogP contribution in [0.1, 0.15) is 6.92 Å². The molecule has 0 fully saturated rings. The molecular weight excluding hydrogens is 158 g/mol. The number of benzene rings is 1. The molecule has 0 aromatic heterocycles. The van der Waals surface area contributed by atoms with Gasteiger partial charge in [0.05, 0.1) is 0 Å². The first-order valence-corrected chi connectivity index (χ1v) is 3.66. The van der Waals surface area contributed by atoms with Gasteiger partial charge in [-0.15, -0.1) is 6.58 Å². The van der Waals surface area contributed by atoms with Gasteiger partial charge >= 0.3 is 0 Å². The number of allylic oxidation sites excluding steroid dienone is 1. The fourth-order valence-corrected chi connectivity index (χ4v) is 0.589. The van der Waals surface area contributed by atoms with Gasteiger partial charge in [-0.1, -0.05) is 17.7 Å². The molecule has 1 rings (SSSR count). The molecule has 0 aliphatic carbocycles. The van der Waals surface area contributed by atoms with Gasteiger partial charge in [-0.05, 0) is 31.2 Å². The number of nitrogens with two attached hydrogens (primary N) is 1. The van der Waals surface area contributed by atoms with Crippen LogP contribution < -0.4 is 5.73 Å². The fraction of sp³-hybridized carbons (Fsp3) is 0.111. The highest BCUT2D eigenvalue weighted by atomic mass is 35.5. The molecule has 0 radical (unpaired) electrons. The maximum atomic E-state index is 5.56. The van der Waals surface area contributed by atoms with E-state index in [0.717, 1.165) is 10.7 Å². The Labute approximate surface area is 72.5 Å². The van der Waals surface area contributed by atoms with Gasteiger partial charge in [0.1, 0.15) is 0 Å². The summed E-state index contributed by atoms with van der Waals surface area (Å²) in [6, 6.07) is 7.05. The van der Waals surface area contributed by atoms with Crippen molar-refractivity contribution in [1.29, 1.82) is 0 Å². The van der Waals surface area contributed by atoms with Crippen LogP contribution in [-0.4, -0.2) is 0 Å². The second-order valence-corrected chi connectivity index (χ2v) is 2.40. The summed E-state index contributed by atoms with van der Waals surface area (Å²) in [5.41, 5.74) is 6.11. The third kappa shape index (κ3) is 5.49. The first-order valence-electron chi connectivity index (χ1n) is 3.28. The molecule has 0 saturated carbocycles. The molecule has 2 heteroatoms. The third-order valence-corrected chi connectivity index (χ3v) is 1.12. The van der Waals surface area contributed by atoms with E-state index in [1.54, 1.807) is 30.3 Å². The monoisotopic (exact) mass is 169 g/mol. The van der Waals surface area contributed by atoms with Crippen LogP contribution in [0.4, 0.5) is 5.69 Å². The van der Waals surface area contributed by atoms with Crippen molar-refractivity contribution in [2.24, 2.45) is 0 Å². The first-order chi connectivity index (χ1) is 5.20. The summed E-state index contributed by atoms with van der Waals surface area (Å²) >= 11 is 5.56. The smallest absolute Gasteiger partial charge is 0.0407 e. The Balaban J connectivity index is 0.000000292. The molecule has 0 atom stereocenters. The van der Waals surface area contributed by atoms with Crippen molar-refractivity contribution in [2.75, 3.05) is 5.73 Å². The maximum absolute atomic E-state index is 5.56. The molecule has 0 unspecified atom stereocenters. The Morgan fingerprint density at radius 2 is 1.73 bits per heavy atom. The topological polar surface area (TPSA) is 26.0 Å². The van der Waals surface area contributed by atoms with E-state index in [-0.39, 0.29) is 0 Å². The summed E-state index contributed by atoms with van der Waals surface area (Å²) in [7, 11) is 0. The van der Waals surface area contributed by atoms with Crippen molar-refractivity contribution in [3.05, 3.63) is 41.9 Å². The van der Waals surface area contributed by atoms with Gasteiger partial charge in [0.25, 0.3) is 0 Å². The Bertz CT molecular complexity index is 182. The van der Waals surface area contributed by atoms with Crippen molar-refractivity contribution in [3.63, 3.8) is 0 Å². The Kier molecular flexibility index (Phi) is 5.30. The number of rotatable bonds is 0. The molecule has 1 aromatic rings. The number of halogens is 1. The normalized spacial score (nSPS) is 7.82. The highest BCUT2D eigenvalue weighted by Crippen LogP contribution is 2.09. The summed E-state index contributed by atoms with van der Waals surface area (Å²) in [5, 5.41) is 0.721. The summed E-state index contributed by atoms with van der Waals surface area (Å²) in [4.78, 5) is 0. The van der Waals surface area contributed by atoms with Crippen LogP contribution in [0.15, 0.2) is 36.9 Å². The second-order valence-electron chi connectivity index (χ2n) is 1.96. The average molecular weight is 170 g/mol. The van der Waals surface area contributed by atoms with Gasteiger partial charge < -0.3 is 5.73 Å². The highest BCUT2D eigenvalue weighted by Gasteiger charge is 1.82. The van der Waals surface area contributed by atoms with Crippen molar-refractivity contribution >= 4 is 17.3 Å². The largest absolute Gasteiger partial charge is 0.399 e. The molecule has 0 heterocycles. The molecule has 1 nitrogen and oxygen atoms in total. The van der Waals surface area contributed by atoms with Gasteiger partial charge in [-0.25, -0.2) is 0 Å². The lowest BCUT2D eigenvalue weighted by molar-refractivity contribution is 1.69. The van der Waals surface area contributed by atoms with E-state index in [1.165, 1.54) is 0 Å². The van der Waals surface area contributed by atoms with E-state index >= 15 is 0 Å². The molecule has 0 saturated heterocycles. The number of hydrogen-bond acceptors (Lipinski definition) is 1. The molecule has 0 amide bonds. The predicted octanol–water partition coefficient (Wildman–Crippen LogP) is 3.11. The van der Waals surface area contributed by atoms with Gasteiger partial charge in [0.15, 0.2) is 0 Å². The lowest BCUT2D eigenvalue weighted by Gasteiger charge is -1.88. The average Bonchev–Trinajstić information content (AvgIpc) is 1.97.